The van der Waals surface area contributed by atoms with Crippen LogP contribution in [0.5, 0.6) is 11.5 Å². The number of aromatic nitrogens is 1. The SMILES string of the molecule is c1ccc2c(c1)Oc1ccccc1N2c1cc(-c2cccc3ccccc23)c2ccc3sc4c5ccccc5ccc4c3c2n1. The van der Waals surface area contributed by atoms with Gasteiger partial charge in [0.1, 0.15) is 5.82 Å². The molecule has 0 amide bonds. The first kappa shape index (κ1) is 24.7. The molecule has 45 heavy (non-hydrogen) atoms. The molecule has 1 aliphatic heterocycles. The number of hydrogen-bond donors (Lipinski definition) is 0. The van der Waals surface area contributed by atoms with Gasteiger partial charge in [-0.3, -0.25) is 4.90 Å². The van der Waals surface area contributed by atoms with Gasteiger partial charge in [-0.2, -0.15) is 0 Å². The fourth-order valence-corrected chi connectivity index (χ4v) is 8.25. The third-order valence-electron chi connectivity index (χ3n) is 9.03. The summed E-state index contributed by atoms with van der Waals surface area (Å²) in [7, 11) is 0. The third kappa shape index (κ3) is 3.60. The zero-order valence-electron chi connectivity index (χ0n) is 24.1. The second-order valence-electron chi connectivity index (χ2n) is 11.5. The van der Waals surface area contributed by atoms with Gasteiger partial charge in [0.2, 0.25) is 0 Å². The van der Waals surface area contributed by atoms with E-state index in [-0.39, 0.29) is 0 Å². The normalized spacial score (nSPS) is 12.6. The molecule has 0 saturated heterocycles. The van der Waals surface area contributed by atoms with Gasteiger partial charge in [-0.1, -0.05) is 109 Å². The molecule has 210 valence electrons. The van der Waals surface area contributed by atoms with Gasteiger partial charge in [0.15, 0.2) is 11.5 Å². The van der Waals surface area contributed by atoms with Crippen LogP contribution in [0.3, 0.4) is 0 Å². The Morgan fingerprint density at radius 2 is 1.16 bits per heavy atom. The second-order valence-corrected chi connectivity index (χ2v) is 12.6. The maximum atomic E-state index is 6.38. The summed E-state index contributed by atoms with van der Waals surface area (Å²) in [4.78, 5) is 7.83. The van der Waals surface area contributed by atoms with Crippen LogP contribution in [0, 0.1) is 0 Å². The lowest BCUT2D eigenvalue weighted by atomic mass is 9.94. The largest absolute Gasteiger partial charge is 0.453 e. The number of thiophene rings is 1. The molecule has 4 heteroatoms. The molecular weight excluding hydrogens is 569 g/mol. The Bertz CT molecular complexity index is 2600. The molecule has 2 aromatic heterocycles. The van der Waals surface area contributed by atoms with Gasteiger partial charge in [-0.15, -0.1) is 11.3 Å². The van der Waals surface area contributed by atoms with Crippen molar-refractivity contribution in [2.24, 2.45) is 0 Å². The molecule has 0 spiro atoms. The van der Waals surface area contributed by atoms with Crippen LogP contribution in [0.4, 0.5) is 17.2 Å². The van der Waals surface area contributed by atoms with Gasteiger partial charge in [0.25, 0.3) is 0 Å². The average molecular weight is 593 g/mol. The van der Waals surface area contributed by atoms with Crippen molar-refractivity contribution in [2.75, 3.05) is 4.90 Å². The molecule has 0 saturated carbocycles. The molecule has 7 aromatic carbocycles. The summed E-state index contributed by atoms with van der Waals surface area (Å²) in [5.74, 6) is 2.49. The van der Waals surface area contributed by atoms with E-state index < -0.39 is 0 Å². The van der Waals surface area contributed by atoms with Crippen molar-refractivity contribution in [3.63, 3.8) is 0 Å². The van der Waals surface area contributed by atoms with Crippen LogP contribution in [-0.4, -0.2) is 4.98 Å². The van der Waals surface area contributed by atoms with Gasteiger partial charge in [0, 0.05) is 25.6 Å². The first-order chi connectivity index (χ1) is 22.3. The molecule has 0 aliphatic carbocycles. The van der Waals surface area contributed by atoms with Gasteiger partial charge in [-0.05, 0) is 69.1 Å². The molecular formula is C41H24N2OS. The predicted molar refractivity (Wildman–Crippen MR) is 190 cm³/mol. The molecule has 3 nitrogen and oxygen atoms in total. The van der Waals surface area contributed by atoms with Crippen molar-refractivity contribution >= 4 is 81.1 Å². The van der Waals surface area contributed by atoms with Crippen LogP contribution < -0.4 is 9.64 Å². The highest BCUT2D eigenvalue weighted by molar-refractivity contribution is 7.26. The Labute approximate surface area is 263 Å². The predicted octanol–water partition coefficient (Wildman–Crippen LogP) is 12.2. The molecule has 9 aromatic rings. The highest BCUT2D eigenvalue weighted by Crippen LogP contribution is 2.51. The Balaban J connectivity index is 1.37. The van der Waals surface area contributed by atoms with Crippen LogP contribution in [0.15, 0.2) is 146 Å². The van der Waals surface area contributed by atoms with E-state index in [1.54, 1.807) is 0 Å². The zero-order valence-corrected chi connectivity index (χ0v) is 24.9. The summed E-state index contributed by atoms with van der Waals surface area (Å²) in [6, 6.07) is 51.7. The molecule has 0 N–H and O–H groups in total. The van der Waals surface area contributed by atoms with Crippen LogP contribution in [0.1, 0.15) is 0 Å². The van der Waals surface area contributed by atoms with E-state index in [2.05, 4.69) is 126 Å². The number of fused-ring (bicyclic) bond motifs is 10. The quantitative estimate of drug-likeness (QED) is 0.200. The number of pyridine rings is 1. The maximum Gasteiger partial charge on any atom is 0.151 e. The lowest BCUT2D eigenvalue weighted by molar-refractivity contribution is 0.476. The number of para-hydroxylation sites is 4. The second kappa shape index (κ2) is 9.39. The minimum Gasteiger partial charge on any atom is -0.453 e. The Kier molecular flexibility index (Phi) is 5.16. The maximum absolute atomic E-state index is 6.38. The average Bonchev–Trinajstić information content (AvgIpc) is 3.50. The molecule has 0 radical (unpaired) electrons. The number of hydrogen-bond acceptors (Lipinski definition) is 4. The number of ether oxygens (including phenoxy) is 1. The Hall–Kier alpha value is -5.71. The summed E-state index contributed by atoms with van der Waals surface area (Å²) in [5, 5.41) is 8.58. The Morgan fingerprint density at radius 3 is 1.96 bits per heavy atom. The molecule has 0 bridgehead atoms. The van der Waals surface area contributed by atoms with E-state index >= 15 is 0 Å². The fourth-order valence-electron chi connectivity index (χ4n) is 7.01. The lowest BCUT2D eigenvalue weighted by Crippen LogP contribution is -2.17. The van der Waals surface area contributed by atoms with Crippen molar-refractivity contribution in [1.82, 2.24) is 4.98 Å². The summed E-state index contributed by atoms with van der Waals surface area (Å²) < 4.78 is 8.92. The van der Waals surface area contributed by atoms with E-state index in [0.29, 0.717) is 0 Å². The molecule has 0 atom stereocenters. The van der Waals surface area contributed by atoms with Gasteiger partial charge in [-0.25, -0.2) is 4.98 Å². The minimum atomic E-state index is 0.815. The lowest BCUT2D eigenvalue weighted by Gasteiger charge is -2.32. The first-order valence-electron chi connectivity index (χ1n) is 15.1. The smallest absolute Gasteiger partial charge is 0.151 e. The van der Waals surface area contributed by atoms with Crippen LogP contribution >= 0.6 is 11.3 Å². The molecule has 0 unspecified atom stereocenters. The number of nitrogens with zero attached hydrogens (tertiary/aromatic N) is 2. The fraction of sp³-hybridized carbons (Fsp3) is 0. The number of anilines is 3. The summed E-state index contributed by atoms with van der Waals surface area (Å²) in [6.45, 7) is 0. The third-order valence-corrected chi connectivity index (χ3v) is 10.2. The van der Waals surface area contributed by atoms with Crippen LogP contribution in [0.2, 0.25) is 0 Å². The van der Waals surface area contributed by atoms with Crippen molar-refractivity contribution in [3.05, 3.63) is 146 Å². The van der Waals surface area contributed by atoms with Crippen LogP contribution in [-0.2, 0) is 0 Å². The summed E-state index contributed by atoms with van der Waals surface area (Å²) in [5.41, 5.74) is 5.31. The number of rotatable bonds is 2. The standard InChI is InChI=1S/C41H24N2OS/c1-3-13-27-25(10-1)12-9-15-29(27)32-24-38(43-33-16-5-7-18-35(33)44-36-19-8-6-17-34(36)43)42-40-30(32)22-23-37-39(40)31-21-20-26-11-2-4-14-28(26)41(31)45-37/h1-24H. The first-order valence-corrected chi connectivity index (χ1v) is 16.0. The van der Waals surface area contributed by atoms with E-state index in [1.165, 1.54) is 47.3 Å². The van der Waals surface area contributed by atoms with E-state index in [0.717, 1.165) is 45.2 Å². The van der Waals surface area contributed by atoms with Crippen molar-refractivity contribution in [2.45, 2.75) is 0 Å². The minimum absolute atomic E-state index is 0.815. The van der Waals surface area contributed by atoms with Crippen molar-refractivity contribution in [3.8, 4) is 22.6 Å². The highest BCUT2D eigenvalue weighted by Gasteiger charge is 2.28. The van der Waals surface area contributed by atoms with Crippen LogP contribution in [0.25, 0.3) is 63.7 Å². The molecule has 3 heterocycles. The highest BCUT2D eigenvalue weighted by atomic mass is 32.1. The van der Waals surface area contributed by atoms with E-state index in [1.807, 2.05) is 35.6 Å². The topological polar surface area (TPSA) is 25.4 Å². The molecule has 0 fully saturated rings. The molecule has 10 rings (SSSR count). The van der Waals surface area contributed by atoms with E-state index in [4.69, 9.17) is 9.72 Å². The Morgan fingerprint density at radius 1 is 0.511 bits per heavy atom. The summed E-state index contributed by atoms with van der Waals surface area (Å²) >= 11 is 1.86. The monoisotopic (exact) mass is 592 g/mol. The van der Waals surface area contributed by atoms with E-state index in [9.17, 15) is 0 Å². The van der Waals surface area contributed by atoms with Gasteiger partial charge >= 0.3 is 0 Å². The van der Waals surface area contributed by atoms with Gasteiger partial charge < -0.3 is 4.74 Å². The summed E-state index contributed by atoms with van der Waals surface area (Å²) in [6.07, 6.45) is 0. The van der Waals surface area contributed by atoms with Crippen molar-refractivity contribution in [1.29, 1.82) is 0 Å². The zero-order chi connectivity index (χ0) is 29.5. The molecule has 1 aliphatic rings. The van der Waals surface area contributed by atoms with Gasteiger partial charge in [0.05, 0.1) is 16.9 Å². The van der Waals surface area contributed by atoms with Crippen molar-refractivity contribution < 1.29 is 4.74 Å². The number of benzene rings is 7.